The summed E-state index contributed by atoms with van der Waals surface area (Å²) in [6.07, 6.45) is 0.715. The highest BCUT2D eigenvalue weighted by atomic mass is 16.3. The van der Waals surface area contributed by atoms with Crippen molar-refractivity contribution in [1.82, 2.24) is 19.1 Å². The van der Waals surface area contributed by atoms with Crippen molar-refractivity contribution in [2.75, 3.05) is 13.2 Å². The number of rotatable bonds is 7. The van der Waals surface area contributed by atoms with E-state index in [4.69, 9.17) is 0 Å². The lowest BCUT2D eigenvalue weighted by Crippen LogP contribution is -2.29. The van der Waals surface area contributed by atoms with Gasteiger partial charge in [-0.25, -0.2) is 9.97 Å². The van der Waals surface area contributed by atoms with Gasteiger partial charge in [0.05, 0.1) is 48.1 Å². The Balaban J connectivity index is 1.78. The second-order valence-corrected chi connectivity index (χ2v) is 6.95. The molecule has 0 atom stereocenters. The van der Waals surface area contributed by atoms with Crippen LogP contribution in [0.4, 0.5) is 0 Å². The number of aromatic nitrogens is 4. The molecule has 2 aromatic carbocycles. The third-order valence-electron chi connectivity index (χ3n) is 5.10. The molecular weight excluding hydrogens is 384 g/mol. The normalized spacial score (nSPS) is 11.4. The second-order valence-electron chi connectivity index (χ2n) is 6.95. The van der Waals surface area contributed by atoms with Crippen LogP contribution in [0.1, 0.15) is 11.6 Å². The van der Waals surface area contributed by atoms with E-state index in [2.05, 4.69) is 9.97 Å². The first-order valence-corrected chi connectivity index (χ1v) is 9.82. The minimum absolute atomic E-state index is 0.139. The standard InChI is InChI=1S/C22H22N4O4/c27-13-11-25-19(23-17-7-3-1-5-15(17)21(25)29)9-10-20-24-18-8-4-2-6-16(18)22(30)26(20)12-14-28/h1-8,27-28H,9-14H2. The molecular formula is C22H22N4O4. The molecule has 4 aromatic rings. The predicted octanol–water partition coefficient (Wildman–Crippen LogP) is 0.876. The van der Waals surface area contributed by atoms with Gasteiger partial charge in [0.15, 0.2) is 0 Å². The topological polar surface area (TPSA) is 110 Å². The van der Waals surface area contributed by atoms with Crippen molar-refractivity contribution >= 4 is 21.8 Å². The van der Waals surface area contributed by atoms with Gasteiger partial charge in [-0.2, -0.15) is 0 Å². The summed E-state index contributed by atoms with van der Waals surface area (Å²) in [6, 6.07) is 14.2. The molecule has 0 fully saturated rings. The third kappa shape index (κ3) is 3.62. The van der Waals surface area contributed by atoms with Gasteiger partial charge in [0, 0.05) is 12.8 Å². The van der Waals surface area contributed by atoms with Crippen LogP contribution in [0.25, 0.3) is 21.8 Å². The zero-order valence-corrected chi connectivity index (χ0v) is 16.4. The maximum Gasteiger partial charge on any atom is 0.261 e. The van der Waals surface area contributed by atoms with E-state index in [-0.39, 0.29) is 37.4 Å². The van der Waals surface area contributed by atoms with E-state index in [1.807, 2.05) is 12.1 Å². The fraction of sp³-hybridized carbons (Fsp3) is 0.273. The van der Waals surface area contributed by atoms with Crippen molar-refractivity contribution in [3.8, 4) is 0 Å². The Morgan fingerprint density at radius 2 is 1.07 bits per heavy atom. The largest absolute Gasteiger partial charge is 0.395 e. The van der Waals surface area contributed by atoms with E-state index in [0.717, 1.165) is 0 Å². The summed E-state index contributed by atoms with van der Waals surface area (Å²) in [4.78, 5) is 34.9. The molecule has 4 rings (SSSR count). The van der Waals surface area contributed by atoms with Gasteiger partial charge >= 0.3 is 0 Å². The zero-order valence-electron chi connectivity index (χ0n) is 16.4. The Labute approximate surface area is 171 Å². The SMILES string of the molecule is O=c1c2ccccc2nc(CCc2nc3ccccc3c(=O)n2CCO)n1CCO. The molecule has 2 heterocycles. The molecule has 0 unspecified atom stereocenters. The van der Waals surface area contributed by atoms with E-state index in [0.29, 0.717) is 46.3 Å². The molecule has 0 amide bonds. The lowest BCUT2D eigenvalue weighted by molar-refractivity contribution is 0.269. The molecule has 8 heteroatoms. The third-order valence-corrected chi connectivity index (χ3v) is 5.10. The van der Waals surface area contributed by atoms with E-state index < -0.39 is 0 Å². The highest BCUT2D eigenvalue weighted by Crippen LogP contribution is 2.12. The number of para-hydroxylation sites is 2. The van der Waals surface area contributed by atoms with Gasteiger partial charge in [0.1, 0.15) is 11.6 Å². The van der Waals surface area contributed by atoms with Crippen LogP contribution in [-0.2, 0) is 25.9 Å². The van der Waals surface area contributed by atoms with Crippen molar-refractivity contribution in [1.29, 1.82) is 0 Å². The molecule has 2 N–H and O–H groups in total. The van der Waals surface area contributed by atoms with E-state index in [1.54, 1.807) is 36.4 Å². The van der Waals surface area contributed by atoms with Crippen LogP contribution < -0.4 is 11.1 Å². The lowest BCUT2D eigenvalue weighted by atomic mass is 10.2. The number of fused-ring (bicyclic) bond motifs is 2. The van der Waals surface area contributed by atoms with Crippen LogP contribution in [0.3, 0.4) is 0 Å². The van der Waals surface area contributed by atoms with Crippen LogP contribution in [0.5, 0.6) is 0 Å². The smallest absolute Gasteiger partial charge is 0.261 e. The summed E-state index contributed by atoms with van der Waals surface area (Å²) in [5.41, 5.74) is 0.768. The predicted molar refractivity (Wildman–Crippen MR) is 114 cm³/mol. The molecule has 0 saturated heterocycles. The Morgan fingerprint density at radius 3 is 1.47 bits per heavy atom. The van der Waals surface area contributed by atoms with Gasteiger partial charge < -0.3 is 10.2 Å². The molecule has 0 saturated carbocycles. The summed E-state index contributed by atoms with van der Waals surface area (Å²) in [7, 11) is 0. The van der Waals surface area contributed by atoms with Crippen molar-refractivity contribution < 1.29 is 10.2 Å². The zero-order chi connectivity index (χ0) is 21.1. The Bertz CT molecular complexity index is 1220. The highest BCUT2D eigenvalue weighted by molar-refractivity contribution is 5.78. The molecule has 154 valence electrons. The number of aliphatic hydroxyl groups excluding tert-OH is 2. The fourth-order valence-electron chi connectivity index (χ4n) is 3.69. The Morgan fingerprint density at radius 1 is 0.667 bits per heavy atom. The fourth-order valence-corrected chi connectivity index (χ4v) is 3.69. The second kappa shape index (κ2) is 8.56. The number of benzene rings is 2. The molecule has 0 radical (unpaired) electrons. The Hall–Kier alpha value is -3.36. The lowest BCUT2D eigenvalue weighted by Gasteiger charge is -2.15. The first kappa shape index (κ1) is 19.9. The number of hydrogen-bond acceptors (Lipinski definition) is 6. The quantitative estimate of drug-likeness (QED) is 0.471. The van der Waals surface area contributed by atoms with Gasteiger partial charge in [0.2, 0.25) is 0 Å². The number of aliphatic hydroxyl groups is 2. The van der Waals surface area contributed by atoms with Crippen LogP contribution in [0.15, 0.2) is 58.1 Å². The van der Waals surface area contributed by atoms with Crippen LogP contribution in [-0.4, -0.2) is 42.5 Å². The molecule has 2 aromatic heterocycles. The summed E-state index contributed by atoms with van der Waals surface area (Å²) in [6.45, 7) is -0.0894. The van der Waals surface area contributed by atoms with E-state index in [9.17, 15) is 19.8 Å². The van der Waals surface area contributed by atoms with Gasteiger partial charge in [0.25, 0.3) is 11.1 Å². The van der Waals surface area contributed by atoms with Crippen molar-refractivity contribution in [2.24, 2.45) is 0 Å². The number of aryl methyl sites for hydroxylation is 2. The molecule has 0 spiro atoms. The summed E-state index contributed by atoms with van der Waals surface area (Å²) >= 11 is 0. The van der Waals surface area contributed by atoms with Gasteiger partial charge in [-0.1, -0.05) is 24.3 Å². The summed E-state index contributed by atoms with van der Waals surface area (Å²) < 4.78 is 2.94. The van der Waals surface area contributed by atoms with E-state index >= 15 is 0 Å². The van der Waals surface area contributed by atoms with Gasteiger partial charge in [-0.3, -0.25) is 18.7 Å². The molecule has 0 aliphatic rings. The summed E-state index contributed by atoms with van der Waals surface area (Å²) in [5, 5.41) is 19.8. The average molecular weight is 406 g/mol. The molecule has 0 aliphatic heterocycles. The maximum atomic E-state index is 12.9. The highest BCUT2D eigenvalue weighted by Gasteiger charge is 2.14. The number of nitrogens with zero attached hydrogens (tertiary/aromatic N) is 4. The van der Waals surface area contributed by atoms with Crippen LogP contribution in [0, 0.1) is 0 Å². The van der Waals surface area contributed by atoms with Crippen LogP contribution in [0.2, 0.25) is 0 Å². The maximum absolute atomic E-state index is 12.9. The van der Waals surface area contributed by atoms with Gasteiger partial charge in [-0.05, 0) is 24.3 Å². The average Bonchev–Trinajstić information content (AvgIpc) is 2.77. The molecule has 0 aliphatic carbocycles. The first-order valence-electron chi connectivity index (χ1n) is 9.82. The number of hydrogen-bond donors (Lipinski definition) is 2. The van der Waals surface area contributed by atoms with E-state index in [1.165, 1.54) is 9.13 Å². The monoisotopic (exact) mass is 406 g/mol. The van der Waals surface area contributed by atoms with Crippen LogP contribution >= 0.6 is 0 Å². The van der Waals surface area contributed by atoms with Crippen molar-refractivity contribution in [3.05, 3.63) is 80.9 Å². The molecule has 8 nitrogen and oxygen atoms in total. The minimum Gasteiger partial charge on any atom is -0.395 e. The minimum atomic E-state index is -0.205. The summed E-state index contributed by atoms with van der Waals surface area (Å²) in [5.74, 6) is 1.04. The first-order chi connectivity index (χ1) is 14.6. The van der Waals surface area contributed by atoms with Gasteiger partial charge in [-0.15, -0.1) is 0 Å². The Kier molecular flexibility index (Phi) is 5.69. The molecule has 0 bridgehead atoms. The van der Waals surface area contributed by atoms with Crippen molar-refractivity contribution in [3.63, 3.8) is 0 Å². The van der Waals surface area contributed by atoms with Crippen molar-refractivity contribution in [2.45, 2.75) is 25.9 Å². The molecule has 30 heavy (non-hydrogen) atoms.